The van der Waals surface area contributed by atoms with Crippen LogP contribution in [0.2, 0.25) is 5.02 Å². The molecule has 138 valence electrons. The molecule has 1 fully saturated rings. The van der Waals surface area contributed by atoms with E-state index in [2.05, 4.69) is 10.2 Å². The SMILES string of the molecule is CN(C)C[C@H]1CC[C@H](C(=O)NCCc2cc(Cl)c3c(c2)OCCO3)O1. The first kappa shape index (κ1) is 18.3. The molecule has 0 radical (unpaired) electrons. The minimum Gasteiger partial charge on any atom is -0.486 e. The highest BCUT2D eigenvalue weighted by molar-refractivity contribution is 6.32. The summed E-state index contributed by atoms with van der Waals surface area (Å²) >= 11 is 6.23. The molecule has 0 aliphatic carbocycles. The average molecular weight is 369 g/mol. The number of carbonyl (C=O) groups excluding carboxylic acids is 1. The molecule has 0 unspecified atom stereocenters. The van der Waals surface area contributed by atoms with Gasteiger partial charge in [0.25, 0.3) is 0 Å². The number of nitrogens with one attached hydrogen (secondary N) is 1. The molecular formula is C18H25ClN2O4. The zero-order valence-electron chi connectivity index (χ0n) is 14.7. The van der Waals surface area contributed by atoms with Crippen molar-refractivity contribution in [1.29, 1.82) is 0 Å². The quantitative estimate of drug-likeness (QED) is 0.830. The largest absolute Gasteiger partial charge is 0.486 e. The van der Waals surface area contributed by atoms with E-state index >= 15 is 0 Å². The third-order valence-corrected chi connectivity index (χ3v) is 4.62. The third-order valence-electron chi connectivity index (χ3n) is 4.34. The molecule has 1 saturated heterocycles. The maximum Gasteiger partial charge on any atom is 0.249 e. The molecular weight excluding hydrogens is 344 g/mol. The van der Waals surface area contributed by atoms with E-state index in [0.29, 0.717) is 42.7 Å². The molecule has 2 heterocycles. The Labute approximate surface area is 153 Å². The number of nitrogens with zero attached hydrogens (tertiary/aromatic N) is 1. The van der Waals surface area contributed by atoms with Crippen LogP contribution < -0.4 is 14.8 Å². The first-order valence-corrected chi connectivity index (χ1v) is 9.06. The lowest BCUT2D eigenvalue weighted by atomic mass is 10.1. The van der Waals surface area contributed by atoms with Gasteiger partial charge in [0.2, 0.25) is 5.91 Å². The Morgan fingerprint density at radius 3 is 2.88 bits per heavy atom. The van der Waals surface area contributed by atoms with Gasteiger partial charge in [0.15, 0.2) is 11.5 Å². The lowest BCUT2D eigenvalue weighted by Crippen LogP contribution is -2.36. The molecule has 0 saturated carbocycles. The highest BCUT2D eigenvalue weighted by atomic mass is 35.5. The van der Waals surface area contributed by atoms with E-state index in [-0.39, 0.29) is 18.1 Å². The molecule has 0 bridgehead atoms. The van der Waals surface area contributed by atoms with Crippen molar-refractivity contribution in [3.8, 4) is 11.5 Å². The highest BCUT2D eigenvalue weighted by Crippen LogP contribution is 2.38. The molecule has 1 aromatic rings. The van der Waals surface area contributed by atoms with E-state index < -0.39 is 0 Å². The van der Waals surface area contributed by atoms with Gasteiger partial charge >= 0.3 is 0 Å². The Bertz CT molecular complexity index is 623. The van der Waals surface area contributed by atoms with Crippen molar-refractivity contribution in [2.24, 2.45) is 0 Å². The third kappa shape index (κ3) is 4.77. The number of halogens is 1. The maximum atomic E-state index is 12.2. The predicted molar refractivity (Wildman–Crippen MR) is 95.6 cm³/mol. The number of fused-ring (bicyclic) bond motifs is 1. The summed E-state index contributed by atoms with van der Waals surface area (Å²) in [6.07, 6.45) is 2.18. The van der Waals surface area contributed by atoms with Crippen LogP contribution in [-0.4, -0.2) is 63.4 Å². The van der Waals surface area contributed by atoms with Crippen LogP contribution in [-0.2, 0) is 16.0 Å². The van der Waals surface area contributed by atoms with Crippen LogP contribution in [0.25, 0.3) is 0 Å². The fraction of sp³-hybridized carbons (Fsp3) is 0.611. The van der Waals surface area contributed by atoms with Crippen molar-refractivity contribution in [3.63, 3.8) is 0 Å². The topological polar surface area (TPSA) is 60.0 Å². The second-order valence-corrected chi connectivity index (χ2v) is 7.14. The standard InChI is InChI=1S/C18H25ClN2O4/c1-21(2)11-13-3-4-15(25-13)18(22)20-6-5-12-9-14(19)17-16(10-12)23-7-8-24-17/h9-10,13,15H,3-8,11H2,1-2H3,(H,20,22)/t13-,15-/m1/s1. The van der Waals surface area contributed by atoms with Gasteiger partial charge in [0, 0.05) is 13.1 Å². The van der Waals surface area contributed by atoms with Gasteiger partial charge in [-0.1, -0.05) is 11.6 Å². The lowest BCUT2D eigenvalue weighted by Gasteiger charge is -2.20. The second kappa shape index (κ2) is 8.25. The smallest absolute Gasteiger partial charge is 0.249 e. The van der Waals surface area contributed by atoms with Crippen LogP contribution in [0.3, 0.4) is 0 Å². The van der Waals surface area contributed by atoms with Gasteiger partial charge in [-0.05, 0) is 51.1 Å². The average Bonchev–Trinajstić information content (AvgIpc) is 3.02. The Morgan fingerprint density at radius 2 is 2.08 bits per heavy atom. The lowest BCUT2D eigenvalue weighted by molar-refractivity contribution is -0.132. The van der Waals surface area contributed by atoms with Crippen LogP contribution >= 0.6 is 11.6 Å². The van der Waals surface area contributed by atoms with E-state index in [1.54, 1.807) is 0 Å². The summed E-state index contributed by atoms with van der Waals surface area (Å²) in [5.74, 6) is 1.24. The minimum atomic E-state index is -0.339. The van der Waals surface area contributed by atoms with Crippen molar-refractivity contribution < 1.29 is 19.0 Å². The molecule has 0 spiro atoms. The van der Waals surface area contributed by atoms with Gasteiger partial charge in [0.1, 0.15) is 19.3 Å². The number of hydrogen-bond donors (Lipinski definition) is 1. The van der Waals surface area contributed by atoms with Crippen molar-refractivity contribution >= 4 is 17.5 Å². The molecule has 2 atom stereocenters. The molecule has 1 aromatic carbocycles. The molecule has 6 nitrogen and oxygen atoms in total. The molecule has 7 heteroatoms. The molecule has 25 heavy (non-hydrogen) atoms. The molecule has 1 N–H and O–H groups in total. The van der Waals surface area contributed by atoms with Crippen molar-refractivity contribution in [2.45, 2.75) is 31.5 Å². The van der Waals surface area contributed by atoms with Gasteiger partial charge in [-0.3, -0.25) is 4.79 Å². The minimum absolute atomic E-state index is 0.0371. The summed E-state index contributed by atoms with van der Waals surface area (Å²) in [5, 5.41) is 3.50. The normalized spacial score (nSPS) is 22.2. The van der Waals surface area contributed by atoms with Crippen molar-refractivity contribution in [2.75, 3.05) is 40.4 Å². The summed E-state index contributed by atoms with van der Waals surface area (Å²) in [5.41, 5.74) is 1.01. The Hall–Kier alpha value is -1.50. The summed E-state index contributed by atoms with van der Waals surface area (Å²) in [7, 11) is 4.02. The Balaban J connectivity index is 1.47. The number of likely N-dealkylation sites (N-methyl/N-ethyl adjacent to an activating group) is 1. The number of rotatable bonds is 6. The summed E-state index contributed by atoms with van der Waals surface area (Å²) < 4.78 is 16.9. The van der Waals surface area contributed by atoms with Gasteiger partial charge in [-0.2, -0.15) is 0 Å². The predicted octanol–water partition coefficient (Wildman–Crippen LogP) is 1.88. The van der Waals surface area contributed by atoms with E-state index in [1.807, 2.05) is 26.2 Å². The number of amides is 1. The van der Waals surface area contributed by atoms with Gasteiger partial charge in [-0.25, -0.2) is 0 Å². The zero-order chi connectivity index (χ0) is 17.8. The molecule has 2 aliphatic heterocycles. The zero-order valence-corrected chi connectivity index (χ0v) is 15.5. The first-order chi connectivity index (χ1) is 12.0. The molecule has 0 aromatic heterocycles. The summed E-state index contributed by atoms with van der Waals surface area (Å²) in [6, 6.07) is 3.78. The van der Waals surface area contributed by atoms with Crippen LogP contribution in [0.5, 0.6) is 11.5 Å². The molecule has 2 aliphatic rings. The highest BCUT2D eigenvalue weighted by Gasteiger charge is 2.30. The van der Waals surface area contributed by atoms with E-state index in [9.17, 15) is 4.79 Å². The number of carbonyl (C=O) groups is 1. The Kier molecular flexibility index (Phi) is 6.04. The fourth-order valence-electron chi connectivity index (χ4n) is 3.19. The van der Waals surface area contributed by atoms with Gasteiger partial charge in [0.05, 0.1) is 11.1 Å². The van der Waals surface area contributed by atoms with Gasteiger partial charge < -0.3 is 24.4 Å². The van der Waals surface area contributed by atoms with Crippen LogP contribution in [0.15, 0.2) is 12.1 Å². The maximum absolute atomic E-state index is 12.2. The van der Waals surface area contributed by atoms with E-state index in [0.717, 1.165) is 24.9 Å². The van der Waals surface area contributed by atoms with Crippen LogP contribution in [0, 0.1) is 0 Å². The molecule has 3 rings (SSSR count). The monoisotopic (exact) mass is 368 g/mol. The number of hydrogen-bond acceptors (Lipinski definition) is 5. The second-order valence-electron chi connectivity index (χ2n) is 6.73. The van der Waals surface area contributed by atoms with Crippen LogP contribution in [0.4, 0.5) is 0 Å². The van der Waals surface area contributed by atoms with E-state index in [1.165, 1.54) is 0 Å². The number of benzene rings is 1. The molecule has 1 amide bonds. The van der Waals surface area contributed by atoms with Crippen molar-refractivity contribution in [1.82, 2.24) is 10.2 Å². The summed E-state index contributed by atoms with van der Waals surface area (Å²) in [6.45, 7) is 2.42. The van der Waals surface area contributed by atoms with Crippen molar-refractivity contribution in [3.05, 3.63) is 22.7 Å². The fourth-order valence-corrected chi connectivity index (χ4v) is 3.48. The van der Waals surface area contributed by atoms with Crippen LogP contribution in [0.1, 0.15) is 18.4 Å². The van der Waals surface area contributed by atoms with E-state index in [4.69, 9.17) is 25.8 Å². The summed E-state index contributed by atoms with van der Waals surface area (Å²) in [4.78, 5) is 14.3. The Morgan fingerprint density at radius 1 is 1.28 bits per heavy atom. The number of ether oxygens (including phenoxy) is 3. The van der Waals surface area contributed by atoms with Gasteiger partial charge in [-0.15, -0.1) is 0 Å². The first-order valence-electron chi connectivity index (χ1n) is 8.69.